The standard InChI is InChI=1S/C15H23N3O2/c1-9(2)18-7-10(3)12(8-18)17-14(19)13-6-16-15(20-13)11-4-5-11/h6,9-12H,4-5,7-8H2,1-3H3,(H,17,19)/t10-,12+/m0/s1. The van der Waals surface area contributed by atoms with E-state index >= 15 is 0 Å². The minimum absolute atomic E-state index is 0.133. The molecule has 0 bridgehead atoms. The summed E-state index contributed by atoms with van der Waals surface area (Å²) in [7, 11) is 0. The third kappa shape index (κ3) is 2.73. The van der Waals surface area contributed by atoms with Crippen LogP contribution in [0.2, 0.25) is 0 Å². The number of carbonyl (C=O) groups excluding carboxylic acids is 1. The van der Waals surface area contributed by atoms with Crippen LogP contribution in [0.4, 0.5) is 0 Å². The molecule has 20 heavy (non-hydrogen) atoms. The van der Waals surface area contributed by atoms with Crippen molar-refractivity contribution in [3.8, 4) is 0 Å². The largest absolute Gasteiger partial charge is 0.435 e. The number of likely N-dealkylation sites (tertiary alicyclic amines) is 1. The van der Waals surface area contributed by atoms with Gasteiger partial charge in [0.1, 0.15) is 0 Å². The molecular formula is C15H23N3O2. The number of hydrogen-bond donors (Lipinski definition) is 1. The molecule has 0 unspecified atom stereocenters. The Bertz CT molecular complexity index is 493. The summed E-state index contributed by atoms with van der Waals surface area (Å²) in [6.45, 7) is 8.51. The lowest BCUT2D eigenvalue weighted by atomic mass is 10.1. The molecule has 1 aromatic heterocycles. The number of amides is 1. The van der Waals surface area contributed by atoms with E-state index in [9.17, 15) is 4.79 Å². The Morgan fingerprint density at radius 3 is 2.80 bits per heavy atom. The predicted molar refractivity (Wildman–Crippen MR) is 75.6 cm³/mol. The molecule has 1 saturated carbocycles. The van der Waals surface area contributed by atoms with E-state index in [1.54, 1.807) is 6.20 Å². The van der Waals surface area contributed by atoms with Crippen molar-refractivity contribution in [2.24, 2.45) is 5.92 Å². The lowest BCUT2D eigenvalue weighted by Crippen LogP contribution is -2.40. The molecule has 1 aliphatic heterocycles. The van der Waals surface area contributed by atoms with Gasteiger partial charge in [-0.2, -0.15) is 0 Å². The molecule has 1 aliphatic carbocycles. The monoisotopic (exact) mass is 277 g/mol. The minimum Gasteiger partial charge on any atom is -0.435 e. The average Bonchev–Trinajstić information content (AvgIpc) is 3.01. The quantitative estimate of drug-likeness (QED) is 0.914. The van der Waals surface area contributed by atoms with Crippen molar-refractivity contribution in [1.29, 1.82) is 0 Å². The molecule has 1 amide bonds. The van der Waals surface area contributed by atoms with Crippen LogP contribution in [0.25, 0.3) is 0 Å². The number of rotatable bonds is 4. The van der Waals surface area contributed by atoms with Crippen molar-refractivity contribution in [3.63, 3.8) is 0 Å². The summed E-state index contributed by atoms with van der Waals surface area (Å²) in [5.41, 5.74) is 0. The smallest absolute Gasteiger partial charge is 0.288 e. The van der Waals surface area contributed by atoms with Gasteiger partial charge < -0.3 is 9.73 Å². The van der Waals surface area contributed by atoms with Gasteiger partial charge in [0.15, 0.2) is 5.89 Å². The zero-order valence-corrected chi connectivity index (χ0v) is 12.4. The van der Waals surface area contributed by atoms with Gasteiger partial charge in [0.25, 0.3) is 5.91 Å². The van der Waals surface area contributed by atoms with Crippen LogP contribution in [0.5, 0.6) is 0 Å². The first kappa shape index (κ1) is 13.6. The van der Waals surface area contributed by atoms with Gasteiger partial charge in [-0.3, -0.25) is 9.69 Å². The number of nitrogens with zero attached hydrogens (tertiary/aromatic N) is 2. The van der Waals surface area contributed by atoms with E-state index in [2.05, 4.69) is 36.0 Å². The number of carbonyl (C=O) groups is 1. The van der Waals surface area contributed by atoms with Crippen LogP contribution >= 0.6 is 0 Å². The molecule has 1 aromatic rings. The molecule has 2 aliphatic rings. The van der Waals surface area contributed by atoms with Crippen LogP contribution in [0.3, 0.4) is 0 Å². The molecule has 110 valence electrons. The van der Waals surface area contributed by atoms with Gasteiger partial charge >= 0.3 is 0 Å². The molecule has 5 heteroatoms. The van der Waals surface area contributed by atoms with Gasteiger partial charge in [-0.25, -0.2) is 4.98 Å². The van der Waals surface area contributed by atoms with Crippen molar-refractivity contribution >= 4 is 5.91 Å². The Labute approximate surface area is 119 Å². The SMILES string of the molecule is CC(C)N1C[C@H](C)[C@H](NC(=O)c2cnc(C3CC3)o2)C1. The van der Waals surface area contributed by atoms with E-state index in [0.29, 0.717) is 23.6 Å². The maximum Gasteiger partial charge on any atom is 0.288 e. The van der Waals surface area contributed by atoms with Crippen LogP contribution in [0.15, 0.2) is 10.6 Å². The normalized spacial score (nSPS) is 27.2. The fourth-order valence-corrected chi connectivity index (χ4v) is 2.76. The molecule has 5 nitrogen and oxygen atoms in total. The van der Waals surface area contributed by atoms with E-state index in [4.69, 9.17) is 4.42 Å². The molecule has 3 rings (SSSR count). The topological polar surface area (TPSA) is 58.4 Å². The molecule has 1 saturated heterocycles. The van der Waals surface area contributed by atoms with Crippen molar-refractivity contribution in [2.75, 3.05) is 13.1 Å². The average molecular weight is 277 g/mol. The first-order valence-corrected chi connectivity index (χ1v) is 7.55. The number of nitrogens with one attached hydrogen (secondary N) is 1. The lowest BCUT2D eigenvalue weighted by Gasteiger charge is -2.20. The molecule has 0 spiro atoms. The van der Waals surface area contributed by atoms with Crippen molar-refractivity contribution < 1.29 is 9.21 Å². The van der Waals surface area contributed by atoms with Crippen LogP contribution < -0.4 is 5.32 Å². The summed E-state index contributed by atoms with van der Waals surface area (Å²) in [6.07, 6.45) is 3.82. The summed E-state index contributed by atoms with van der Waals surface area (Å²) >= 11 is 0. The fraction of sp³-hybridized carbons (Fsp3) is 0.733. The highest BCUT2D eigenvalue weighted by atomic mass is 16.4. The number of aromatic nitrogens is 1. The minimum atomic E-state index is -0.133. The molecule has 0 aromatic carbocycles. The summed E-state index contributed by atoms with van der Waals surface area (Å²) < 4.78 is 5.55. The van der Waals surface area contributed by atoms with Crippen LogP contribution in [0.1, 0.15) is 56.0 Å². The zero-order valence-electron chi connectivity index (χ0n) is 12.4. The predicted octanol–water partition coefficient (Wildman–Crippen LogP) is 2.01. The number of oxazole rings is 1. The van der Waals surface area contributed by atoms with Crippen LogP contribution in [-0.4, -0.2) is 41.0 Å². The van der Waals surface area contributed by atoms with E-state index in [0.717, 1.165) is 31.8 Å². The fourth-order valence-electron chi connectivity index (χ4n) is 2.76. The van der Waals surface area contributed by atoms with Gasteiger partial charge in [0, 0.05) is 31.1 Å². The summed E-state index contributed by atoms with van der Waals surface area (Å²) in [5, 5.41) is 3.09. The second-order valence-electron chi connectivity index (χ2n) is 6.44. The van der Waals surface area contributed by atoms with Crippen molar-refractivity contribution in [3.05, 3.63) is 17.8 Å². The first-order chi connectivity index (χ1) is 9.54. The maximum atomic E-state index is 12.2. The Hall–Kier alpha value is -1.36. The van der Waals surface area contributed by atoms with Gasteiger partial charge in [0.2, 0.25) is 5.76 Å². The molecule has 2 fully saturated rings. The molecule has 1 N–H and O–H groups in total. The lowest BCUT2D eigenvalue weighted by molar-refractivity contribution is 0.0901. The third-order valence-corrected chi connectivity index (χ3v) is 4.36. The van der Waals surface area contributed by atoms with E-state index < -0.39 is 0 Å². The second-order valence-corrected chi connectivity index (χ2v) is 6.44. The summed E-state index contributed by atoms with van der Waals surface area (Å²) in [6, 6.07) is 0.713. The van der Waals surface area contributed by atoms with E-state index in [1.807, 2.05) is 0 Å². The van der Waals surface area contributed by atoms with Gasteiger partial charge in [-0.1, -0.05) is 6.92 Å². The molecular weight excluding hydrogens is 254 g/mol. The zero-order chi connectivity index (χ0) is 14.3. The van der Waals surface area contributed by atoms with Gasteiger partial charge in [-0.15, -0.1) is 0 Å². The highest BCUT2D eigenvalue weighted by Crippen LogP contribution is 2.39. The van der Waals surface area contributed by atoms with Crippen molar-refractivity contribution in [2.45, 2.75) is 51.6 Å². The Morgan fingerprint density at radius 1 is 1.45 bits per heavy atom. The summed E-state index contributed by atoms with van der Waals surface area (Å²) in [4.78, 5) is 18.8. The number of hydrogen-bond acceptors (Lipinski definition) is 4. The molecule has 2 heterocycles. The van der Waals surface area contributed by atoms with Gasteiger partial charge in [-0.05, 0) is 32.6 Å². The van der Waals surface area contributed by atoms with Crippen LogP contribution in [-0.2, 0) is 0 Å². The van der Waals surface area contributed by atoms with Gasteiger partial charge in [0.05, 0.1) is 6.20 Å². The second kappa shape index (κ2) is 5.20. The van der Waals surface area contributed by atoms with E-state index in [1.165, 1.54) is 0 Å². The highest BCUT2D eigenvalue weighted by molar-refractivity contribution is 5.91. The third-order valence-electron chi connectivity index (χ3n) is 4.36. The summed E-state index contributed by atoms with van der Waals surface area (Å²) in [5.74, 6) is 1.85. The maximum absolute atomic E-state index is 12.2. The first-order valence-electron chi connectivity index (χ1n) is 7.55. The molecule has 0 radical (unpaired) electrons. The Kier molecular flexibility index (Phi) is 3.54. The van der Waals surface area contributed by atoms with Crippen LogP contribution in [0, 0.1) is 5.92 Å². The Balaban J connectivity index is 1.60. The highest BCUT2D eigenvalue weighted by Gasteiger charge is 2.33. The van der Waals surface area contributed by atoms with Crippen molar-refractivity contribution in [1.82, 2.24) is 15.2 Å². The van der Waals surface area contributed by atoms with E-state index in [-0.39, 0.29) is 11.9 Å². The Morgan fingerprint density at radius 2 is 2.20 bits per heavy atom. The molecule has 2 atom stereocenters.